The third-order valence-electron chi connectivity index (χ3n) is 14.7. The van der Waals surface area contributed by atoms with Gasteiger partial charge in [0.25, 0.3) is 5.24 Å². The van der Waals surface area contributed by atoms with Gasteiger partial charge in [-0.3, -0.25) is 9.59 Å². The Kier molecular flexibility index (Phi) is 17.9. The lowest BCUT2D eigenvalue weighted by atomic mass is 9.47. The molecule has 3 fully saturated rings. The van der Waals surface area contributed by atoms with Crippen LogP contribution in [0.2, 0.25) is 0 Å². The van der Waals surface area contributed by atoms with Gasteiger partial charge in [-0.15, -0.1) is 0 Å². The molecule has 0 spiro atoms. The fourth-order valence-corrected chi connectivity index (χ4v) is 12.5. The molecule has 6 heteroatoms. The molecule has 0 aliphatic heterocycles. The molecule has 52 heavy (non-hydrogen) atoms. The fourth-order valence-electron chi connectivity index (χ4n) is 11.5. The van der Waals surface area contributed by atoms with E-state index in [-0.39, 0.29) is 22.7 Å². The van der Waals surface area contributed by atoms with Gasteiger partial charge in [0.15, 0.2) is 0 Å². The highest BCUT2D eigenvalue weighted by Crippen LogP contribution is 2.67. The lowest BCUT2D eigenvalue weighted by Gasteiger charge is -2.58. The molecule has 0 heterocycles. The minimum atomic E-state index is -0.0735. The summed E-state index contributed by atoms with van der Waals surface area (Å²) in [7, 11) is 4.10. The van der Waals surface area contributed by atoms with Crippen molar-refractivity contribution in [1.82, 2.24) is 9.80 Å². The van der Waals surface area contributed by atoms with E-state index < -0.39 is 0 Å². The molecule has 0 N–H and O–H groups in total. The van der Waals surface area contributed by atoms with Gasteiger partial charge in [0, 0.05) is 38.2 Å². The Balaban J connectivity index is 1.24. The first-order valence-corrected chi connectivity index (χ1v) is 23.3. The molecule has 0 saturated heterocycles. The van der Waals surface area contributed by atoms with Crippen LogP contribution in [-0.4, -0.2) is 66.6 Å². The van der Waals surface area contributed by atoms with Gasteiger partial charge in [0.05, 0.1) is 0 Å². The number of amides is 1. The fraction of sp³-hybridized carbons (Fsp3) is 0.913. The van der Waals surface area contributed by atoms with Gasteiger partial charge in [-0.05, 0) is 118 Å². The van der Waals surface area contributed by atoms with Gasteiger partial charge in [0.2, 0.25) is 0 Å². The maximum atomic E-state index is 13.2. The number of thioether (sulfide) groups is 1. The number of hydrogen-bond acceptors (Lipinski definition) is 5. The Morgan fingerprint density at radius 1 is 0.846 bits per heavy atom. The minimum absolute atomic E-state index is 0.0106. The van der Waals surface area contributed by atoms with Crippen LogP contribution >= 0.6 is 11.8 Å². The molecule has 0 aromatic heterocycles. The van der Waals surface area contributed by atoms with Gasteiger partial charge in [-0.2, -0.15) is 0 Å². The van der Waals surface area contributed by atoms with Crippen molar-refractivity contribution in [2.75, 3.05) is 39.5 Å². The zero-order valence-electron chi connectivity index (χ0n) is 35.3. The van der Waals surface area contributed by atoms with Crippen LogP contribution in [0.3, 0.4) is 0 Å². The zero-order chi connectivity index (χ0) is 37.7. The lowest BCUT2D eigenvalue weighted by molar-refractivity contribution is -0.151. The maximum Gasteiger partial charge on any atom is 0.306 e. The van der Waals surface area contributed by atoms with Gasteiger partial charge < -0.3 is 14.5 Å². The van der Waals surface area contributed by atoms with E-state index >= 15 is 0 Å². The Morgan fingerprint density at radius 2 is 1.56 bits per heavy atom. The molecule has 4 aliphatic carbocycles. The average molecular weight is 743 g/mol. The highest BCUT2D eigenvalue weighted by atomic mass is 32.2. The van der Waals surface area contributed by atoms with E-state index in [9.17, 15) is 9.59 Å². The van der Waals surface area contributed by atoms with Crippen LogP contribution in [0.5, 0.6) is 0 Å². The average Bonchev–Trinajstić information content (AvgIpc) is 3.45. The molecule has 0 aromatic carbocycles. The normalized spacial score (nSPS) is 30.4. The quantitative estimate of drug-likeness (QED) is 0.0628. The van der Waals surface area contributed by atoms with Gasteiger partial charge in [0.1, 0.15) is 6.10 Å². The van der Waals surface area contributed by atoms with E-state index in [4.69, 9.17) is 4.74 Å². The van der Waals surface area contributed by atoms with E-state index in [2.05, 4.69) is 66.6 Å². The largest absolute Gasteiger partial charge is 0.462 e. The van der Waals surface area contributed by atoms with Crippen molar-refractivity contribution in [1.29, 1.82) is 0 Å². The monoisotopic (exact) mass is 743 g/mol. The highest BCUT2D eigenvalue weighted by molar-refractivity contribution is 8.13. The maximum absolute atomic E-state index is 13.2. The standard InChI is InChI=1S/C46H82N2O3S/c1-9-10-11-12-13-14-15-16-30-48(44(50)52-33-32-47(7)8)31-18-21-43(49)51-38-26-28-45(5)37(34-38)22-23-39-41-25-24-40(36(4)20-17-19-35(2)3)46(41,6)29-27-42(39)45/h22,35-36,38-42H,9-21,23-34H2,1-8H3/t36-,38+,39+,40-,41+,42+,45+,46-/m1/s1. The summed E-state index contributed by atoms with van der Waals surface area (Å²) in [5.41, 5.74) is 2.38. The van der Waals surface area contributed by atoms with Crippen molar-refractivity contribution in [2.24, 2.45) is 46.3 Å². The number of esters is 1. The summed E-state index contributed by atoms with van der Waals surface area (Å²) in [6.07, 6.45) is 28.0. The zero-order valence-corrected chi connectivity index (χ0v) is 36.1. The summed E-state index contributed by atoms with van der Waals surface area (Å²) in [6.45, 7) is 17.2. The van der Waals surface area contributed by atoms with Gasteiger partial charge in [-0.1, -0.05) is 129 Å². The predicted molar refractivity (Wildman–Crippen MR) is 223 cm³/mol. The van der Waals surface area contributed by atoms with Gasteiger partial charge >= 0.3 is 5.97 Å². The first kappa shape index (κ1) is 43.7. The Hall–Kier alpha value is -1.01. The third-order valence-corrected chi connectivity index (χ3v) is 15.6. The second-order valence-corrected chi connectivity index (χ2v) is 20.2. The number of nitrogens with zero attached hydrogens (tertiary/aromatic N) is 2. The number of ether oxygens (including phenoxy) is 1. The number of fused-ring (bicyclic) bond motifs is 5. The van der Waals surface area contributed by atoms with E-state index in [1.54, 1.807) is 5.57 Å². The van der Waals surface area contributed by atoms with Crippen molar-refractivity contribution in [3.8, 4) is 0 Å². The van der Waals surface area contributed by atoms with Crippen LogP contribution in [0.1, 0.15) is 176 Å². The summed E-state index contributed by atoms with van der Waals surface area (Å²) >= 11 is 1.43. The third kappa shape index (κ3) is 12.0. The second-order valence-electron chi connectivity index (χ2n) is 19.1. The molecule has 0 aromatic rings. The molecule has 0 unspecified atom stereocenters. The minimum Gasteiger partial charge on any atom is -0.462 e. The first-order valence-electron chi connectivity index (χ1n) is 22.3. The summed E-state index contributed by atoms with van der Waals surface area (Å²) in [5.74, 6) is 5.80. The Labute approximate surface area is 326 Å². The number of rotatable bonds is 22. The number of hydrogen-bond donors (Lipinski definition) is 0. The van der Waals surface area contributed by atoms with Crippen LogP contribution < -0.4 is 0 Å². The number of carbonyl (C=O) groups is 2. The number of allylic oxidation sites excluding steroid dienone is 1. The molecule has 1 amide bonds. The second kappa shape index (κ2) is 21.3. The molecule has 4 rings (SSSR count). The molecular formula is C46H82N2O3S. The van der Waals surface area contributed by atoms with E-state index in [0.717, 1.165) is 80.0 Å². The predicted octanol–water partition coefficient (Wildman–Crippen LogP) is 12.6. The molecule has 300 valence electrons. The highest BCUT2D eigenvalue weighted by Gasteiger charge is 2.59. The van der Waals surface area contributed by atoms with Crippen LogP contribution in [0.15, 0.2) is 11.6 Å². The molecule has 8 atom stereocenters. The van der Waals surface area contributed by atoms with E-state index in [0.29, 0.717) is 24.8 Å². The van der Waals surface area contributed by atoms with Crippen molar-refractivity contribution in [2.45, 2.75) is 182 Å². The number of carbonyl (C=O) groups excluding carboxylic acids is 2. The topological polar surface area (TPSA) is 49.9 Å². The molecule has 0 bridgehead atoms. The lowest BCUT2D eigenvalue weighted by Crippen LogP contribution is -2.51. The van der Waals surface area contributed by atoms with Crippen LogP contribution in [0.4, 0.5) is 4.79 Å². The molecule has 0 radical (unpaired) electrons. The smallest absolute Gasteiger partial charge is 0.306 e. The molecule has 4 aliphatic rings. The van der Waals surface area contributed by atoms with Crippen LogP contribution in [-0.2, 0) is 9.53 Å². The van der Waals surface area contributed by atoms with Crippen LogP contribution in [0, 0.1) is 46.3 Å². The van der Waals surface area contributed by atoms with Crippen molar-refractivity contribution < 1.29 is 14.3 Å². The summed E-state index contributed by atoms with van der Waals surface area (Å²) in [6, 6.07) is 0. The summed E-state index contributed by atoms with van der Waals surface area (Å²) in [5, 5.41) is 0.166. The van der Waals surface area contributed by atoms with Crippen molar-refractivity contribution in [3.63, 3.8) is 0 Å². The van der Waals surface area contributed by atoms with Crippen molar-refractivity contribution >= 4 is 23.0 Å². The molecular weight excluding hydrogens is 661 g/mol. The van der Waals surface area contributed by atoms with E-state index in [1.807, 2.05) is 4.90 Å². The summed E-state index contributed by atoms with van der Waals surface area (Å²) in [4.78, 5) is 30.5. The van der Waals surface area contributed by atoms with Crippen LogP contribution in [0.25, 0.3) is 0 Å². The SMILES string of the molecule is CCCCCCCCCCN(CCCC(=O)O[C@H]1CC[C@@]2(C)C(=CC[C@H]3[C@@H]4CC[C@H]([C@H](C)CCCC(C)C)[C@@]4(C)CC[C@@H]32)C1)C(=O)SCCN(C)C. The van der Waals surface area contributed by atoms with Crippen molar-refractivity contribution in [3.05, 3.63) is 11.6 Å². The van der Waals surface area contributed by atoms with E-state index in [1.165, 1.54) is 108 Å². The van der Waals surface area contributed by atoms with Gasteiger partial charge in [-0.25, -0.2) is 0 Å². The molecule has 5 nitrogen and oxygen atoms in total. The first-order chi connectivity index (χ1) is 24.9. The number of unbranched alkanes of at least 4 members (excludes halogenated alkanes) is 7. The summed E-state index contributed by atoms with van der Waals surface area (Å²) < 4.78 is 6.19. The Bertz CT molecular complexity index is 1120. The molecule has 3 saturated carbocycles. The Morgan fingerprint density at radius 3 is 2.27 bits per heavy atom.